The molecule has 1 saturated heterocycles. The van der Waals surface area contributed by atoms with Gasteiger partial charge in [-0.25, -0.2) is 4.98 Å². The summed E-state index contributed by atoms with van der Waals surface area (Å²) in [5, 5.41) is 6.30. The average Bonchev–Trinajstić information content (AvgIpc) is 3.28. The number of hydrogen-bond acceptors (Lipinski definition) is 7. The van der Waals surface area contributed by atoms with E-state index in [-0.39, 0.29) is 5.91 Å². The Morgan fingerprint density at radius 1 is 1.11 bits per heavy atom. The van der Waals surface area contributed by atoms with Crippen molar-refractivity contribution in [2.45, 2.75) is 19.9 Å². The molecule has 1 amide bonds. The van der Waals surface area contributed by atoms with Crippen LogP contribution < -0.4 is 20.4 Å². The lowest BCUT2D eigenvalue weighted by Crippen LogP contribution is -2.36. The van der Waals surface area contributed by atoms with E-state index in [1.807, 2.05) is 24.3 Å². The number of carbonyl (C=O) groups excluding carboxylic acids is 1. The summed E-state index contributed by atoms with van der Waals surface area (Å²) in [7, 11) is 0. The van der Waals surface area contributed by atoms with Gasteiger partial charge in [-0.3, -0.25) is 4.79 Å². The number of carbonyl (C=O) groups is 1. The second-order valence-corrected chi connectivity index (χ2v) is 8.74. The molecule has 8 heteroatoms. The number of anilines is 5. The topological polar surface area (TPSA) is 82.6 Å². The van der Waals surface area contributed by atoms with Crippen LogP contribution in [0.5, 0.6) is 0 Å². The lowest BCUT2D eigenvalue weighted by Gasteiger charge is -2.30. The summed E-state index contributed by atoms with van der Waals surface area (Å²) < 4.78 is 5.52. The molecular weight excluding hydrogens is 440 g/mol. The Hall–Kier alpha value is -3.91. The lowest BCUT2D eigenvalue weighted by atomic mass is 10.2. The molecule has 0 atom stereocenters. The number of nitrogens with one attached hydrogen (secondary N) is 2. The zero-order chi connectivity index (χ0) is 24.2. The number of benzene rings is 2. The van der Waals surface area contributed by atoms with Gasteiger partial charge in [0.25, 0.3) is 0 Å². The number of ether oxygens (including phenoxy) is 1. The Morgan fingerprint density at radius 3 is 2.77 bits per heavy atom. The molecule has 0 radical (unpaired) electrons. The summed E-state index contributed by atoms with van der Waals surface area (Å²) in [4.78, 5) is 26.0. The van der Waals surface area contributed by atoms with Gasteiger partial charge in [-0.15, -0.1) is 0 Å². The summed E-state index contributed by atoms with van der Waals surface area (Å²) in [6.45, 7) is 10.3. The van der Waals surface area contributed by atoms with Crippen LogP contribution in [0, 0.1) is 6.92 Å². The number of aromatic nitrogens is 2. The molecular formula is C27H30N6O2. The highest BCUT2D eigenvalue weighted by molar-refractivity contribution is 5.98. The molecule has 35 heavy (non-hydrogen) atoms. The van der Waals surface area contributed by atoms with Gasteiger partial charge in [0.1, 0.15) is 5.82 Å². The SMILES string of the molecule is C=CC(=O)Nc1cccc(CN2CCc3c(C)nc(Nc4ccccc4N4CCOCC4)nc32)c1. The standard InChI is InChI=1S/C27H30N6O2/c1-3-25(34)29-21-8-6-7-20(17-21)18-33-12-11-22-19(2)28-27(31-26(22)33)30-23-9-4-5-10-24(23)32-13-15-35-16-14-32/h3-10,17H,1,11-16,18H2,2H3,(H,29,34)(H,28,30,31). The highest BCUT2D eigenvalue weighted by atomic mass is 16.5. The fourth-order valence-corrected chi connectivity index (χ4v) is 4.64. The van der Waals surface area contributed by atoms with Crippen LogP contribution in [0.4, 0.5) is 28.8 Å². The van der Waals surface area contributed by atoms with Gasteiger partial charge in [0.15, 0.2) is 0 Å². The zero-order valence-corrected chi connectivity index (χ0v) is 20.0. The molecule has 0 bridgehead atoms. The minimum atomic E-state index is -0.217. The smallest absolute Gasteiger partial charge is 0.247 e. The van der Waals surface area contributed by atoms with Crippen LogP contribution in [0.2, 0.25) is 0 Å². The molecule has 0 unspecified atom stereocenters. The van der Waals surface area contributed by atoms with Gasteiger partial charge >= 0.3 is 0 Å². The molecule has 1 aromatic heterocycles. The molecule has 0 saturated carbocycles. The van der Waals surface area contributed by atoms with Crippen molar-refractivity contribution in [1.82, 2.24) is 9.97 Å². The van der Waals surface area contributed by atoms with Gasteiger partial charge in [0.05, 0.1) is 24.6 Å². The number of amides is 1. The number of nitrogens with zero attached hydrogens (tertiary/aromatic N) is 4. The molecule has 3 heterocycles. The average molecular weight is 471 g/mol. The Kier molecular flexibility index (Phi) is 6.63. The summed E-state index contributed by atoms with van der Waals surface area (Å²) in [5.41, 5.74) is 6.16. The molecule has 5 rings (SSSR count). The fraction of sp³-hybridized carbons (Fsp3) is 0.296. The quantitative estimate of drug-likeness (QED) is 0.504. The number of morpholine rings is 1. The van der Waals surface area contributed by atoms with Gasteiger partial charge in [-0.2, -0.15) is 4.98 Å². The van der Waals surface area contributed by atoms with Gasteiger partial charge in [-0.05, 0) is 49.2 Å². The summed E-state index contributed by atoms with van der Waals surface area (Å²) in [5.74, 6) is 1.34. The monoisotopic (exact) mass is 470 g/mol. The second kappa shape index (κ2) is 10.1. The molecule has 2 aliphatic rings. The first-order chi connectivity index (χ1) is 17.1. The van der Waals surface area contributed by atoms with Crippen LogP contribution >= 0.6 is 0 Å². The van der Waals surface area contributed by atoms with Gasteiger partial charge < -0.3 is 25.2 Å². The van der Waals surface area contributed by atoms with E-state index in [0.29, 0.717) is 12.5 Å². The third-order valence-corrected chi connectivity index (χ3v) is 6.38. The predicted molar refractivity (Wildman–Crippen MR) is 140 cm³/mol. The normalized spacial score (nSPS) is 15.0. The first-order valence-electron chi connectivity index (χ1n) is 11.9. The highest BCUT2D eigenvalue weighted by Gasteiger charge is 2.25. The second-order valence-electron chi connectivity index (χ2n) is 8.74. The van der Waals surface area contributed by atoms with Crippen molar-refractivity contribution in [2.75, 3.05) is 53.3 Å². The van der Waals surface area contributed by atoms with E-state index in [1.165, 1.54) is 11.6 Å². The molecule has 0 aliphatic carbocycles. The fourth-order valence-electron chi connectivity index (χ4n) is 4.64. The maximum atomic E-state index is 11.7. The van der Waals surface area contributed by atoms with Crippen molar-refractivity contribution in [3.63, 3.8) is 0 Å². The Bertz CT molecular complexity index is 1240. The molecule has 2 N–H and O–H groups in total. The van der Waals surface area contributed by atoms with Crippen LogP contribution in [0.15, 0.2) is 61.2 Å². The van der Waals surface area contributed by atoms with Gasteiger partial charge in [0, 0.05) is 43.1 Å². The van der Waals surface area contributed by atoms with Crippen LogP contribution in [-0.4, -0.2) is 48.7 Å². The van der Waals surface area contributed by atoms with E-state index in [1.54, 1.807) is 0 Å². The van der Waals surface area contributed by atoms with E-state index in [2.05, 4.69) is 58.2 Å². The van der Waals surface area contributed by atoms with Gasteiger partial charge in [-0.1, -0.05) is 30.8 Å². The number of para-hydroxylation sites is 2. The largest absolute Gasteiger partial charge is 0.378 e. The van der Waals surface area contributed by atoms with E-state index in [4.69, 9.17) is 14.7 Å². The van der Waals surface area contributed by atoms with E-state index < -0.39 is 0 Å². The van der Waals surface area contributed by atoms with E-state index >= 15 is 0 Å². The minimum absolute atomic E-state index is 0.217. The number of aryl methyl sites for hydroxylation is 1. The molecule has 2 aliphatic heterocycles. The molecule has 2 aromatic carbocycles. The Balaban J connectivity index is 1.37. The molecule has 8 nitrogen and oxygen atoms in total. The summed E-state index contributed by atoms with van der Waals surface area (Å²) in [6, 6.07) is 16.2. The zero-order valence-electron chi connectivity index (χ0n) is 20.0. The van der Waals surface area contributed by atoms with Crippen molar-refractivity contribution in [3.05, 3.63) is 78.0 Å². The maximum absolute atomic E-state index is 11.7. The first kappa shape index (κ1) is 22.9. The van der Waals surface area contributed by atoms with Crippen LogP contribution in [0.1, 0.15) is 16.8 Å². The van der Waals surface area contributed by atoms with Crippen LogP contribution in [-0.2, 0) is 22.5 Å². The minimum Gasteiger partial charge on any atom is -0.378 e. The van der Waals surface area contributed by atoms with Crippen molar-refractivity contribution in [2.24, 2.45) is 0 Å². The third-order valence-electron chi connectivity index (χ3n) is 6.38. The highest BCUT2D eigenvalue weighted by Crippen LogP contribution is 2.33. The third kappa shape index (κ3) is 5.12. The van der Waals surface area contributed by atoms with Crippen molar-refractivity contribution in [1.29, 1.82) is 0 Å². The molecule has 1 fully saturated rings. The molecule has 180 valence electrons. The van der Waals surface area contributed by atoms with Crippen molar-refractivity contribution >= 4 is 34.7 Å². The van der Waals surface area contributed by atoms with Crippen molar-refractivity contribution in [3.8, 4) is 0 Å². The first-order valence-corrected chi connectivity index (χ1v) is 11.9. The number of rotatable bonds is 7. The summed E-state index contributed by atoms with van der Waals surface area (Å²) in [6.07, 6.45) is 2.19. The molecule has 3 aromatic rings. The van der Waals surface area contributed by atoms with E-state index in [0.717, 1.165) is 73.4 Å². The molecule has 0 spiro atoms. The van der Waals surface area contributed by atoms with Crippen LogP contribution in [0.3, 0.4) is 0 Å². The maximum Gasteiger partial charge on any atom is 0.247 e. The van der Waals surface area contributed by atoms with Gasteiger partial charge in [0.2, 0.25) is 11.9 Å². The Labute approximate surface area is 205 Å². The lowest BCUT2D eigenvalue weighted by molar-refractivity contribution is -0.111. The van der Waals surface area contributed by atoms with E-state index in [9.17, 15) is 4.79 Å². The van der Waals surface area contributed by atoms with Crippen LogP contribution in [0.25, 0.3) is 0 Å². The summed E-state index contributed by atoms with van der Waals surface area (Å²) >= 11 is 0. The number of hydrogen-bond donors (Lipinski definition) is 2. The number of fused-ring (bicyclic) bond motifs is 1. The predicted octanol–water partition coefficient (Wildman–Crippen LogP) is 4.05. The Morgan fingerprint density at radius 2 is 1.94 bits per heavy atom. The van der Waals surface area contributed by atoms with Crippen molar-refractivity contribution < 1.29 is 9.53 Å².